The van der Waals surface area contributed by atoms with Gasteiger partial charge in [-0.25, -0.2) is 10.1 Å². The van der Waals surface area contributed by atoms with E-state index in [1.807, 2.05) is 24.3 Å². The molecule has 7 nitrogen and oxygen atoms in total. The molecule has 0 spiro atoms. The summed E-state index contributed by atoms with van der Waals surface area (Å²) in [7, 11) is 0. The van der Waals surface area contributed by atoms with Crippen LogP contribution in [0.4, 0.5) is 5.82 Å². The van der Waals surface area contributed by atoms with E-state index in [-0.39, 0.29) is 11.5 Å². The normalized spacial score (nSPS) is 10.7. The number of nitrogens with zero attached hydrogens (tertiary/aromatic N) is 3. The summed E-state index contributed by atoms with van der Waals surface area (Å²) in [5.41, 5.74) is 8.35. The first kappa shape index (κ1) is 12.2. The molecule has 0 saturated carbocycles. The summed E-state index contributed by atoms with van der Waals surface area (Å²) in [6.07, 6.45) is 1.49. The average molecular weight is 310 g/mol. The minimum atomic E-state index is -0.586. The number of aromatic nitrogens is 2. The second-order valence-corrected chi connectivity index (χ2v) is 4.07. The van der Waals surface area contributed by atoms with Crippen molar-refractivity contribution in [1.82, 2.24) is 15.7 Å². The van der Waals surface area contributed by atoms with Crippen molar-refractivity contribution < 1.29 is 9.42 Å². The number of hydrogen-bond donors (Lipinski definition) is 2. The predicted molar refractivity (Wildman–Crippen MR) is 67.9 cm³/mol. The molecule has 0 aliphatic rings. The third-order valence-electron chi connectivity index (χ3n) is 2.00. The predicted octanol–water partition coefficient (Wildman–Crippen LogP) is 1.18. The van der Waals surface area contributed by atoms with E-state index in [0.29, 0.717) is 0 Å². The average Bonchev–Trinajstić information content (AvgIpc) is 2.78. The third kappa shape index (κ3) is 2.72. The van der Waals surface area contributed by atoms with E-state index in [1.165, 1.54) is 6.21 Å². The summed E-state index contributed by atoms with van der Waals surface area (Å²) in [5.74, 6) is -0.666. The van der Waals surface area contributed by atoms with Gasteiger partial charge in [0.05, 0.1) is 6.21 Å². The third-order valence-corrected chi connectivity index (χ3v) is 2.73. The number of anilines is 1. The van der Waals surface area contributed by atoms with E-state index in [1.54, 1.807) is 0 Å². The number of carbonyl (C=O) groups excluding carboxylic acids is 1. The van der Waals surface area contributed by atoms with Crippen molar-refractivity contribution in [3.05, 3.63) is 40.0 Å². The fourth-order valence-corrected chi connectivity index (χ4v) is 1.53. The molecule has 0 bridgehead atoms. The molecule has 1 amide bonds. The first-order chi connectivity index (χ1) is 8.68. The Balaban J connectivity index is 2.03. The van der Waals surface area contributed by atoms with Crippen molar-refractivity contribution in [1.29, 1.82) is 0 Å². The lowest BCUT2D eigenvalue weighted by Crippen LogP contribution is -2.19. The van der Waals surface area contributed by atoms with E-state index >= 15 is 0 Å². The standard InChI is InChI=1S/C10H8BrN5O2/c11-7-4-2-1-3-6(7)5-13-14-10(17)8-9(12)16-18-15-8/h1-5H,(H2,12,16)(H,14,17)/b13-5-. The first-order valence-electron chi connectivity index (χ1n) is 4.84. The van der Waals surface area contributed by atoms with Gasteiger partial charge in [-0.15, -0.1) is 0 Å². The molecule has 0 aliphatic heterocycles. The number of hydrazone groups is 1. The van der Waals surface area contributed by atoms with Crippen LogP contribution in [0, 0.1) is 0 Å². The van der Waals surface area contributed by atoms with Crippen LogP contribution in [-0.4, -0.2) is 22.4 Å². The SMILES string of the molecule is Nc1nonc1C(=O)N/N=C\c1ccccc1Br. The Morgan fingerprint density at radius 1 is 1.44 bits per heavy atom. The fraction of sp³-hybridized carbons (Fsp3) is 0. The Hall–Kier alpha value is -2.22. The maximum atomic E-state index is 11.5. The van der Waals surface area contributed by atoms with Crippen molar-refractivity contribution in [2.24, 2.45) is 5.10 Å². The van der Waals surface area contributed by atoms with Crippen molar-refractivity contribution in [3.63, 3.8) is 0 Å². The maximum Gasteiger partial charge on any atom is 0.297 e. The summed E-state index contributed by atoms with van der Waals surface area (Å²) in [4.78, 5) is 11.5. The van der Waals surface area contributed by atoms with Gasteiger partial charge >= 0.3 is 0 Å². The van der Waals surface area contributed by atoms with Gasteiger partial charge in [0.25, 0.3) is 5.91 Å². The summed E-state index contributed by atoms with van der Waals surface area (Å²) in [6, 6.07) is 7.43. The quantitative estimate of drug-likeness (QED) is 0.654. The molecule has 1 heterocycles. The Labute approximate surface area is 110 Å². The number of halogens is 1. The second kappa shape index (κ2) is 5.41. The maximum absolute atomic E-state index is 11.5. The van der Waals surface area contributed by atoms with Gasteiger partial charge in [-0.1, -0.05) is 34.1 Å². The van der Waals surface area contributed by atoms with Crippen molar-refractivity contribution in [2.75, 3.05) is 5.73 Å². The number of rotatable bonds is 3. The molecule has 0 radical (unpaired) electrons. The highest BCUT2D eigenvalue weighted by molar-refractivity contribution is 9.10. The molecule has 0 unspecified atom stereocenters. The van der Waals surface area contributed by atoms with Crippen LogP contribution in [-0.2, 0) is 0 Å². The number of nitrogens with two attached hydrogens (primary N) is 1. The first-order valence-corrected chi connectivity index (χ1v) is 5.63. The number of hydrogen-bond acceptors (Lipinski definition) is 6. The number of nitrogen functional groups attached to an aromatic ring is 1. The lowest BCUT2D eigenvalue weighted by Gasteiger charge is -1.97. The molecule has 2 aromatic rings. The molecular weight excluding hydrogens is 302 g/mol. The Morgan fingerprint density at radius 3 is 2.89 bits per heavy atom. The van der Waals surface area contributed by atoms with E-state index in [9.17, 15) is 4.79 Å². The molecule has 1 aromatic carbocycles. The largest absolute Gasteiger partial charge is 0.379 e. The van der Waals surface area contributed by atoms with Gasteiger partial charge in [0.2, 0.25) is 11.5 Å². The Kier molecular flexibility index (Phi) is 3.68. The zero-order valence-electron chi connectivity index (χ0n) is 9.00. The lowest BCUT2D eigenvalue weighted by molar-refractivity contribution is 0.0946. The molecule has 8 heteroatoms. The van der Waals surface area contributed by atoms with Crippen LogP contribution < -0.4 is 11.2 Å². The minimum Gasteiger partial charge on any atom is -0.379 e. The molecule has 0 atom stereocenters. The summed E-state index contributed by atoms with van der Waals surface area (Å²) in [5, 5.41) is 10.4. The zero-order valence-corrected chi connectivity index (χ0v) is 10.6. The van der Waals surface area contributed by atoms with Crippen molar-refractivity contribution in [3.8, 4) is 0 Å². The Bertz CT molecular complexity index is 595. The van der Waals surface area contributed by atoms with Gasteiger partial charge in [0.1, 0.15) is 0 Å². The topological polar surface area (TPSA) is 106 Å². The highest BCUT2D eigenvalue weighted by Crippen LogP contribution is 2.13. The Morgan fingerprint density at radius 2 is 2.22 bits per heavy atom. The van der Waals surface area contributed by atoms with Gasteiger partial charge < -0.3 is 5.73 Å². The summed E-state index contributed by atoms with van der Waals surface area (Å²) in [6.45, 7) is 0. The number of carbonyl (C=O) groups is 1. The van der Waals surface area contributed by atoms with Gasteiger partial charge in [-0.05, 0) is 16.4 Å². The number of benzene rings is 1. The second-order valence-electron chi connectivity index (χ2n) is 3.22. The van der Waals surface area contributed by atoms with Gasteiger partial charge in [-0.3, -0.25) is 4.79 Å². The molecular formula is C10H8BrN5O2. The molecule has 1 aromatic heterocycles. The van der Waals surface area contributed by atoms with Crippen LogP contribution in [0.25, 0.3) is 0 Å². The van der Waals surface area contributed by atoms with E-state index < -0.39 is 5.91 Å². The molecule has 3 N–H and O–H groups in total. The van der Waals surface area contributed by atoms with Gasteiger partial charge in [0, 0.05) is 10.0 Å². The van der Waals surface area contributed by atoms with E-state index in [2.05, 4.69) is 41.4 Å². The van der Waals surface area contributed by atoms with Crippen LogP contribution in [0.5, 0.6) is 0 Å². The van der Waals surface area contributed by atoms with E-state index in [0.717, 1.165) is 10.0 Å². The summed E-state index contributed by atoms with van der Waals surface area (Å²) < 4.78 is 5.17. The highest BCUT2D eigenvalue weighted by atomic mass is 79.9. The minimum absolute atomic E-state index is 0.0800. The summed E-state index contributed by atoms with van der Waals surface area (Å²) >= 11 is 3.35. The van der Waals surface area contributed by atoms with Crippen LogP contribution in [0.1, 0.15) is 16.1 Å². The highest BCUT2D eigenvalue weighted by Gasteiger charge is 2.14. The monoisotopic (exact) mass is 309 g/mol. The molecule has 0 aliphatic carbocycles. The lowest BCUT2D eigenvalue weighted by atomic mass is 10.2. The smallest absolute Gasteiger partial charge is 0.297 e. The van der Waals surface area contributed by atoms with Crippen molar-refractivity contribution >= 4 is 33.9 Å². The fourth-order valence-electron chi connectivity index (χ4n) is 1.15. The molecule has 18 heavy (non-hydrogen) atoms. The van der Waals surface area contributed by atoms with Crippen LogP contribution >= 0.6 is 15.9 Å². The molecule has 0 fully saturated rings. The number of nitrogens with one attached hydrogen (secondary N) is 1. The zero-order chi connectivity index (χ0) is 13.0. The van der Waals surface area contributed by atoms with Crippen LogP contribution in [0.15, 0.2) is 38.5 Å². The van der Waals surface area contributed by atoms with Crippen molar-refractivity contribution in [2.45, 2.75) is 0 Å². The molecule has 2 rings (SSSR count). The molecule has 92 valence electrons. The number of amides is 1. The van der Waals surface area contributed by atoms with E-state index in [4.69, 9.17) is 5.73 Å². The van der Waals surface area contributed by atoms with Crippen LogP contribution in [0.3, 0.4) is 0 Å². The van der Waals surface area contributed by atoms with Gasteiger partial charge in [0.15, 0.2) is 0 Å². The van der Waals surface area contributed by atoms with Crippen LogP contribution in [0.2, 0.25) is 0 Å². The van der Waals surface area contributed by atoms with Gasteiger partial charge in [-0.2, -0.15) is 5.10 Å². The molecule has 0 saturated heterocycles.